The summed E-state index contributed by atoms with van der Waals surface area (Å²) in [4.78, 5) is 0. The minimum atomic E-state index is -0.711. The third-order valence-corrected chi connectivity index (χ3v) is 3.55. The van der Waals surface area contributed by atoms with Gasteiger partial charge in [0.1, 0.15) is 11.6 Å². The zero-order chi connectivity index (χ0) is 13.4. The lowest BCUT2D eigenvalue weighted by Gasteiger charge is -2.10. The average Bonchev–Trinajstić information content (AvgIpc) is 2.31. The van der Waals surface area contributed by atoms with Crippen molar-refractivity contribution < 1.29 is 8.78 Å². The van der Waals surface area contributed by atoms with Gasteiger partial charge in [-0.15, -0.1) is 0 Å². The van der Waals surface area contributed by atoms with Crippen LogP contribution in [0.5, 0.6) is 0 Å². The predicted molar refractivity (Wildman–Crippen MR) is 73.1 cm³/mol. The van der Waals surface area contributed by atoms with Gasteiger partial charge in [-0.3, -0.25) is 0 Å². The molecule has 0 heterocycles. The Morgan fingerprint density at radius 3 is 2.33 bits per heavy atom. The number of hydrogen-bond donors (Lipinski definition) is 2. The minimum absolute atomic E-state index is 0.0286. The molecule has 0 amide bonds. The van der Waals surface area contributed by atoms with Crippen LogP contribution in [0.25, 0.3) is 11.1 Å². The van der Waals surface area contributed by atoms with Crippen molar-refractivity contribution in [3.63, 3.8) is 0 Å². The molecule has 0 fully saturated rings. The maximum atomic E-state index is 14.0. The number of anilines is 2. The zero-order valence-corrected chi connectivity index (χ0v) is 11.2. The molecule has 2 aromatic carbocycles. The van der Waals surface area contributed by atoms with Crippen molar-refractivity contribution >= 4 is 27.3 Å². The first-order chi connectivity index (χ1) is 8.41. The van der Waals surface area contributed by atoms with Gasteiger partial charge in [0, 0.05) is 5.69 Å². The summed E-state index contributed by atoms with van der Waals surface area (Å²) >= 11 is 3.00. The summed E-state index contributed by atoms with van der Waals surface area (Å²) in [6.45, 7) is 1.78. The highest BCUT2D eigenvalue weighted by Crippen LogP contribution is 2.35. The fourth-order valence-electron chi connectivity index (χ4n) is 1.71. The van der Waals surface area contributed by atoms with Crippen molar-refractivity contribution in [1.82, 2.24) is 0 Å². The molecule has 5 heteroatoms. The van der Waals surface area contributed by atoms with Crippen molar-refractivity contribution in [3.05, 3.63) is 45.9 Å². The molecule has 18 heavy (non-hydrogen) atoms. The Hall–Kier alpha value is -1.62. The van der Waals surface area contributed by atoms with Crippen LogP contribution in [0.1, 0.15) is 5.56 Å². The second-order valence-corrected chi connectivity index (χ2v) is 4.81. The Morgan fingerprint density at radius 1 is 1.06 bits per heavy atom. The number of nitrogen functional groups attached to an aromatic ring is 2. The molecule has 0 spiro atoms. The van der Waals surface area contributed by atoms with Gasteiger partial charge in [0.2, 0.25) is 0 Å². The number of rotatable bonds is 1. The molecule has 2 rings (SSSR count). The van der Waals surface area contributed by atoms with E-state index in [4.69, 9.17) is 11.5 Å². The highest BCUT2D eigenvalue weighted by Gasteiger charge is 2.17. The zero-order valence-electron chi connectivity index (χ0n) is 9.60. The van der Waals surface area contributed by atoms with E-state index in [1.54, 1.807) is 25.1 Å². The van der Waals surface area contributed by atoms with Crippen LogP contribution < -0.4 is 11.5 Å². The molecule has 4 N–H and O–H groups in total. The second-order valence-electron chi connectivity index (χ2n) is 4.02. The van der Waals surface area contributed by atoms with E-state index in [9.17, 15) is 8.78 Å². The highest BCUT2D eigenvalue weighted by atomic mass is 79.9. The Labute approximate surface area is 112 Å². The SMILES string of the molecule is Cc1cc(-c2c(F)cc(N)c(Br)c2F)ccc1N. The quantitative estimate of drug-likeness (QED) is 0.620. The lowest BCUT2D eigenvalue weighted by molar-refractivity contribution is 0.586. The van der Waals surface area contributed by atoms with E-state index in [1.165, 1.54) is 0 Å². The van der Waals surface area contributed by atoms with Gasteiger partial charge in [-0.25, -0.2) is 8.78 Å². The van der Waals surface area contributed by atoms with E-state index in [0.717, 1.165) is 11.6 Å². The van der Waals surface area contributed by atoms with E-state index < -0.39 is 11.6 Å². The van der Waals surface area contributed by atoms with Crippen LogP contribution in [0.3, 0.4) is 0 Å². The Morgan fingerprint density at radius 2 is 1.72 bits per heavy atom. The minimum Gasteiger partial charge on any atom is -0.399 e. The van der Waals surface area contributed by atoms with Gasteiger partial charge >= 0.3 is 0 Å². The molecule has 94 valence electrons. The molecule has 0 aliphatic heterocycles. The predicted octanol–water partition coefficient (Wildman–Crippen LogP) is 3.87. The molecule has 0 aliphatic carbocycles. The number of halogens is 3. The summed E-state index contributed by atoms with van der Waals surface area (Å²) in [5.74, 6) is -1.41. The number of nitrogens with two attached hydrogens (primary N) is 2. The average molecular weight is 313 g/mol. The van der Waals surface area contributed by atoms with Gasteiger partial charge in [0.05, 0.1) is 15.7 Å². The number of hydrogen-bond acceptors (Lipinski definition) is 2. The normalized spacial score (nSPS) is 10.7. The van der Waals surface area contributed by atoms with Crippen molar-refractivity contribution in [3.8, 4) is 11.1 Å². The lowest BCUT2D eigenvalue weighted by Crippen LogP contribution is -1.98. The fraction of sp³-hybridized carbons (Fsp3) is 0.0769. The third-order valence-electron chi connectivity index (χ3n) is 2.75. The van der Waals surface area contributed by atoms with Crippen LogP contribution in [0.2, 0.25) is 0 Å². The van der Waals surface area contributed by atoms with Crippen LogP contribution >= 0.6 is 15.9 Å². The summed E-state index contributed by atoms with van der Waals surface area (Å²) in [6, 6.07) is 5.92. The first-order valence-electron chi connectivity index (χ1n) is 5.21. The monoisotopic (exact) mass is 312 g/mol. The van der Waals surface area contributed by atoms with Crippen LogP contribution in [0, 0.1) is 18.6 Å². The van der Waals surface area contributed by atoms with Crippen molar-refractivity contribution in [1.29, 1.82) is 0 Å². The standard InChI is InChI=1S/C13H11BrF2N2/c1-6-4-7(2-3-9(6)17)11-8(15)5-10(18)12(14)13(11)16/h2-5H,17-18H2,1H3. The van der Waals surface area contributed by atoms with E-state index in [-0.39, 0.29) is 15.7 Å². The van der Waals surface area contributed by atoms with Gasteiger partial charge in [-0.2, -0.15) is 0 Å². The molecule has 0 bridgehead atoms. The van der Waals surface area contributed by atoms with Gasteiger partial charge in [-0.05, 0) is 52.2 Å². The van der Waals surface area contributed by atoms with Gasteiger partial charge in [0.15, 0.2) is 0 Å². The molecule has 0 aromatic heterocycles. The lowest BCUT2D eigenvalue weighted by atomic mass is 10.0. The first-order valence-corrected chi connectivity index (χ1v) is 6.00. The van der Waals surface area contributed by atoms with Gasteiger partial charge in [0.25, 0.3) is 0 Å². The maximum Gasteiger partial charge on any atom is 0.150 e. The summed E-state index contributed by atoms with van der Waals surface area (Å²) in [6.07, 6.45) is 0. The summed E-state index contributed by atoms with van der Waals surface area (Å²) < 4.78 is 27.9. The number of benzene rings is 2. The van der Waals surface area contributed by atoms with Crippen LogP contribution in [-0.4, -0.2) is 0 Å². The topological polar surface area (TPSA) is 52.0 Å². The Bertz CT molecular complexity index is 627. The van der Waals surface area contributed by atoms with E-state index in [1.807, 2.05) is 0 Å². The van der Waals surface area contributed by atoms with Crippen LogP contribution in [-0.2, 0) is 0 Å². The molecular formula is C13H11BrF2N2. The van der Waals surface area contributed by atoms with Crippen molar-refractivity contribution in [2.45, 2.75) is 6.92 Å². The first kappa shape index (κ1) is 12.8. The maximum absolute atomic E-state index is 14.0. The van der Waals surface area contributed by atoms with Gasteiger partial charge in [-0.1, -0.05) is 6.07 Å². The molecule has 0 saturated carbocycles. The third kappa shape index (κ3) is 2.06. The van der Waals surface area contributed by atoms with E-state index >= 15 is 0 Å². The molecule has 0 saturated heterocycles. The van der Waals surface area contributed by atoms with Crippen LogP contribution in [0.15, 0.2) is 28.7 Å². The van der Waals surface area contributed by atoms with E-state index in [2.05, 4.69) is 15.9 Å². The second kappa shape index (κ2) is 4.57. The van der Waals surface area contributed by atoms with Crippen LogP contribution in [0.4, 0.5) is 20.2 Å². The summed E-state index contributed by atoms with van der Waals surface area (Å²) in [5.41, 5.74) is 12.8. The van der Waals surface area contributed by atoms with Crippen molar-refractivity contribution in [2.24, 2.45) is 0 Å². The summed E-state index contributed by atoms with van der Waals surface area (Å²) in [5, 5.41) is 0. The fourth-order valence-corrected chi connectivity index (χ4v) is 2.02. The Balaban J connectivity index is 2.71. The largest absolute Gasteiger partial charge is 0.399 e. The smallest absolute Gasteiger partial charge is 0.150 e. The van der Waals surface area contributed by atoms with Gasteiger partial charge < -0.3 is 11.5 Å². The highest BCUT2D eigenvalue weighted by molar-refractivity contribution is 9.10. The van der Waals surface area contributed by atoms with Crippen molar-refractivity contribution in [2.75, 3.05) is 11.5 Å². The molecule has 0 unspecified atom stereocenters. The summed E-state index contributed by atoms with van der Waals surface area (Å²) in [7, 11) is 0. The molecule has 2 aromatic rings. The Kier molecular flexibility index (Phi) is 3.26. The molecule has 2 nitrogen and oxygen atoms in total. The molecular weight excluding hydrogens is 302 g/mol. The molecule has 0 radical (unpaired) electrons. The molecule has 0 atom stereocenters. The number of aryl methyl sites for hydroxylation is 1. The van der Waals surface area contributed by atoms with E-state index in [0.29, 0.717) is 11.3 Å². The molecule has 0 aliphatic rings.